The highest BCUT2D eigenvalue weighted by molar-refractivity contribution is 6.34. The minimum atomic E-state index is -0.344. The minimum absolute atomic E-state index is 0.219. The average Bonchev–Trinajstić information content (AvgIpc) is 3.03. The standard InChI is InChI=1S/C18H22ClN3O3/c1-4-18(2,3)22-17(24)14-6-5-12(8-15(14)19)21-16(23)11-7-13(9-20)25-10-11/h5-8,10H,4,9,20H2,1-3H3,(H,21,23)(H,22,24). The van der Waals surface area contributed by atoms with Crippen LogP contribution in [0.1, 0.15) is 53.7 Å². The van der Waals surface area contributed by atoms with E-state index in [4.69, 9.17) is 21.8 Å². The van der Waals surface area contributed by atoms with E-state index in [1.54, 1.807) is 18.2 Å². The van der Waals surface area contributed by atoms with Crippen LogP contribution < -0.4 is 16.4 Å². The van der Waals surface area contributed by atoms with Gasteiger partial charge in [0.05, 0.1) is 22.7 Å². The van der Waals surface area contributed by atoms with Crippen LogP contribution in [0.2, 0.25) is 5.02 Å². The van der Waals surface area contributed by atoms with Crippen LogP contribution in [0.3, 0.4) is 0 Å². The van der Waals surface area contributed by atoms with E-state index in [9.17, 15) is 9.59 Å². The first-order chi connectivity index (χ1) is 11.8. The number of nitrogens with two attached hydrogens (primary N) is 1. The van der Waals surface area contributed by atoms with Gasteiger partial charge in [0, 0.05) is 11.2 Å². The number of carbonyl (C=O) groups is 2. The van der Waals surface area contributed by atoms with Gasteiger partial charge in [-0.05, 0) is 44.5 Å². The molecule has 0 bridgehead atoms. The van der Waals surface area contributed by atoms with Crippen molar-refractivity contribution in [2.75, 3.05) is 5.32 Å². The van der Waals surface area contributed by atoms with Crippen LogP contribution in [-0.4, -0.2) is 17.4 Å². The molecule has 0 saturated heterocycles. The van der Waals surface area contributed by atoms with E-state index >= 15 is 0 Å². The fourth-order valence-electron chi connectivity index (χ4n) is 2.05. The van der Waals surface area contributed by atoms with Crippen molar-refractivity contribution < 1.29 is 14.0 Å². The third-order valence-corrected chi connectivity index (χ3v) is 4.24. The number of benzene rings is 1. The molecule has 4 N–H and O–H groups in total. The highest BCUT2D eigenvalue weighted by atomic mass is 35.5. The molecule has 2 amide bonds. The van der Waals surface area contributed by atoms with Crippen LogP contribution in [0.5, 0.6) is 0 Å². The van der Waals surface area contributed by atoms with Crippen molar-refractivity contribution in [3.05, 3.63) is 52.4 Å². The topological polar surface area (TPSA) is 97.4 Å². The second kappa shape index (κ2) is 7.72. The smallest absolute Gasteiger partial charge is 0.258 e. The van der Waals surface area contributed by atoms with Gasteiger partial charge in [-0.25, -0.2) is 0 Å². The third-order valence-electron chi connectivity index (χ3n) is 3.92. The van der Waals surface area contributed by atoms with Crippen molar-refractivity contribution in [2.24, 2.45) is 5.73 Å². The van der Waals surface area contributed by atoms with Crippen LogP contribution in [-0.2, 0) is 6.54 Å². The van der Waals surface area contributed by atoms with Gasteiger partial charge in [-0.3, -0.25) is 9.59 Å². The van der Waals surface area contributed by atoms with Crippen molar-refractivity contribution in [1.82, 2.24) is 5.32 Å². The molecule has 7 heteroatoms. The Labute approximate surface area is 151 Å². The molecule has 6 nitrogen and oxygen atoms in total. The molecule has 134 valence electrons. The molecule has 0 fully saturated rings. The Balaban J connectivity index is 2.11. The highest BCUT2D eigenvalue weighted by Gasteiger charge is 2.20. The average molecular weight is 364 g/mol. The fraction of sp³-hybridized carbons (Fsp3) is 0.333. The zero-order valence-corrected chi connectivity index (χ0v) is 15.2. The highest BCUT2D eigenvalue weighted by Crippen LogP contribution is 2.23. The predicted molar refractivity (Wildman–Crippen MR) is 97.8 cm³/mol. The lowest BCUT2D eigenvalue weighted by Crippen LogP contribution is -2.42. The lowest BCUT2D eigenvalue weighted by molar-refractivity contribution is 0.0911. The molecule has 0 aliphatic heterocycles. The van der Waals surface area contributed by atoms with Gasteiger partial charge in [0.25, 0.3) is 11.8 Å². The zero-order chi connectivity index (χ0) is 18.6. The van der Waals surface area contributed by atoms with Crippen LogP contribution in [0, 0.1) is 0 Å². The van der Waals surface area contributed by atoms with Gasteiger partial charge in [-0.15, -0.1) is 0 Å². The Bertz CT molecular complexity index is 784. The van der Waals surface area contributed by atoms with E-state index in [1.807, 2.05) is 20.8 Å². The Morgan fingerprint density at radius 1 is 1.24 bits per heavy atom. The quantitative estimate of drug-likeness (QED) is 0.730. The minimum Gasteiger partial charge on any atom is -0.467 e. The monoisotopic (exact) mass is 363 g/mol. The van der Waals surface area contributed by atoms with Gasteiger partial charge in [-0.2, -0.15) is 0 Å². The molecule has 25 heavy (non-hydrogen) atoms. The van der Waals surface area contributed by atoms with Crippen LogP contribution >= 0.6 is 11.6 Å². The summed E-state index contributed by atoms with van der Waals surface area (Å²) >= 11 is 6.21. The van der Waals surface area contributed by atoms with Gasteiger partial charge in [0.1, 0.15) is 12.0 Å². The molecule has 2 aromatic rings. The summed E-state index contributed by atoms with van der Waals surface area (Å²) in [6.45, 7) is 6.09. The number of furan rings is 1. The fourth-order valence-corrected chi connectivity index (χ4v) is 2.32. The van der Waals surface area contributed by atoms with E-state index in [0.29, 0.717) is 22.6 Å². The molecule has 0 radical (unpaired) electrons. The molecule has 2 rings (SSSR count). The summed E-state index contributed by atoms with van der Waals surface area (Å²) in [5.74, 6) is -0.0743. The second-order valence-corrected chi connectivity index (χ2v) is 6.75. The molecule has 0 unspecified atom stereocenters. The van der Waals surface area contributed by atoms with Crippen molar-refractivity contribution >= 4 is 29.1 Å². The van der Waals surface area contributed by atoms with Crippen molar-refractivity contribution in [1.29, 1.82) is 0 Å². The molecule has 0 atom stereocenters. The molecule has 0 aliphatic rings. The van der Waals surface area contributed by atoms with Crippen molar-refractivity contribution in [2.45, 2.75) is 39.3 Å². The number of anilines is 1. The van der Waals surface area contributed by atoms with E-state index in [1.165, 1.54) is 12.3 Å². The lowest BCUT2D eigenvalue weighted by atomic mass is 10.0. The van der Waals surface area contributed by atoms with Crippen LogP contribution in [0.4, 0.5) is 5.69 Å². The van der Waals surface area contributed by atoms with Crippen LogP contribution in [0.25, 0.3) is 0 Å². The second-order valence-electron chi connectivity index (χ2n) is 6.35. The number of rotatable bonds is 6. The zero-order valence-electron chi connectivity index (χ0n) is 14.5. The number of halogens is 1. The number of carbonyl (C=O) groups excluding carboxylic acids is 2. The Kier molecular flexibility index (Phi) is 5.87. The summed E-state index contributed by atoms with van der Waals surface area (Å²) in [5.41, 5.74) is 6.33. The predicted octanol–water partition coefficient (Wildman–Crippen LogP) is 3.56. The van der Waals surface area contributed by atoms with Gasteiger partial charge in [-0.1, -0.05) is 18.5 Å². The maximum Gasteiger partial charge on any atom is 0.258 e. The summed E-state index contributed by atoms with van der Waals surface area (Å²) in [7, 11) is 0. The number of hydrogen-bond donors (Lipinski definition) is 3. The molecule has 1 aromatic heterocycles. The Morgan fingerprint density at radius 3 is 2.52 bits per heavy atom. The number of hydrogen-bond acceptors (Lipinski definition) is 4. The molecule has 0 aliphatic carbocycles. The lowest BCUT2D eigenvalue weighted by Gasteiger charge is -2.24. The summed E-state index contributed by atoms with van der Waals surface area (Å²) in [4.78, 5) is 24.5. The number of nitrogens with one attached hydrogen (secondary N) is 2. The third kappa shape index (κ3) is 4.84. The molecule has 1 heterocycles. The summed E-state index contributed by atoms with van der Waals surface area (Å²) < 4.78 is 5.14. The first-order valence-electron chi connectivity index (χ1n) is 7.96. The van der Waals surface area contributed by atoms with E-state index < -0.39 is 0 Å². The first-order valence-corrected chi connectivity index (χ1v) is 8.34. The summed E-state index contributed by atoms with van der Waals surface area (Å²) in [5, 5.41) is 5.89. The van der Waals surface area contributed by atoms with Gasteiger partial charge >= 0.3 is 0 Å². The molecule has 0 spiro atoms. The first kappa shape index (κ1) is 19.0. The van der Waals surface area contributed by atoms with Gasteiger partial charge in [0.2, 0.25) is 0 Å². The van der Waals surface area contributed by atoms with Crippen molar-refractivity contribution in [3.8, 4) is 0 Å². The Hall–Kier alpha value is -2.31. The molecular formula is C18H22ClN3O3. The van der Waals surface area contributed by atoms with Gasteiger partial charge < -0.3 is 20.8 Å². The molecular weight excluding hydrogens is 342 g/mol. The molecule has 1 aromatic carbocycles. The maximum atomic E-state index is 12.3. The summed E-state index contributed by atoms with van der Waals surface area (Å²) in [6.07, 6.45) is 2.13. The number of amides is 2. The maximum absolute atomic E-state index is 12.3. The SMILES string of the molecule is CCC(C)(C)NC(=O)c1ccc(NC(=O)c2coc(CN)c2)cc1Cl. The summed E-state index contributed by atoms with van der Waals surface area (Å²) in [6, 6.07) is 6.32. The molecule has 0 saturated carbocycles. The van der Waals surface area contributed by atoms with E-state index in [2.05, 4.69) is 10.6 Å². The van der Waals surface area contributed by atoms with Crippen molar-refractivity contribution in [3.63, 3.8) is 0 Å². The normalized spacial score (nSPS) is 11.2. The van der Waals surface area contributed by atoms with E-state index in [0.717, 1.165) is 6.42 Å². The Morgan fingerprint density at radius 2 is 1.96 bits per heavy atom. The van der Waals surface area contributed by atoms with Crippen LogP contribution in [0.15, 0.2) is 34.9 Å². The van der Waals surface area contributed by atoms with Gasteiger partial charge in [0.15, 0.2) is 0 Å². The van der Waals surface area contributed by atoms with E-state index in [-0.39, 0.29) is 28.9 Å². The largest absolute Gasteiger partial charge is 0.467 e.